The van der Waals surface area contributed by atoms with E-state index in [-0.39, 0.29) is 16.2 Å². The average molecular weight is 947 g/mol. The lowest BCUT2D eigenvalue weighted by Gasteiger charge is -2.30. The molecule has 9 aromatic carbocycles. The van der Waals surface area contributed by atoms with Gasteiger partial charge in [0.15, 0.2) is 0 Å². The molecule has 352 valence electrons. The van der Waals surface area contributed by atoms with Crippen molar-refractivity contribution in [3.63, 3.8) is 0 Å². The van der Waals surface area contributed by atoms with E-state index in [0.717, 1.165) is 50.6 Å². The first kappa shape index (κ1) is 45.9. The summed E-state index contributed by atoms with van der Waals surface area (Å²) >= 11 is 7.24. The number of fused-ring (bicyclic) bond motifs is 6. The molecule has 0 bridgehead atoms. The van der Waals surface area contributed by atoms with Gasteiger partial charge in [0.1, 0.15) is 11.5 Å². The van der Waals surface area contributed by atoms with Crippen molar-refractivity contribution in [2.24, 2.45) is 0 Å². The topological polar surface area (TPSA) is 22.3 Å². The Morgan fingerprint density at radius 3 is 1.48 bits per heavy atom. The molecule has 0 atom stereocenters. The van der Waals surface area contributed by atoms with E-state index >= 15 is 0 Å². The van der Waals surface area contributed by atoms with Crippen LogP contribution in [0.5, 0.6) is 11.5 Å². The number of ether oxygens (including phenoxy) is 1. The van der Waals surface area contributed by atoms with Crippen LogP contribution in [0.4, 0.5) is 17.1 Å². The van der Waals surface area contributed by atoms with Crippen molar-refractivity contribution in [2.45, 2.75) is 78.6 Å². The molecule has 0 amide bonds. The summed E-state index contributed by atoms with van der Waals surface area (Å²) in [6, 6.07) is 72.1. The Balaban J connectivity index is 1.09. The van der Waals surface area contributed by atoms with Crippen LogP contribution < -0.4 is 9.64 Å². The monoisotopic (exact) mass is 945 g/mol. The number of halogens is 1. The molecule has 0 saturated heterocycles. The standard InChI is InChI=1S/C66H60ClN3O/c1-64(2,3)44-29-32-61(56(35-44)43-19-11-10-12-20-43)68(48-21-17-22-49(40-48)69-62-33-30-45(65(4,5)6)36-57(62)58-37-46(66(7,8)9)31-34-63(58)69)51-38-47(67)39-53(42-51)71-52-24-18-23-50(41-52)70-59-27-15-13-25-54(59)55-26-14-16-28-60(55)70/h10-42H,1-9H3. The molecule has 5 heteroatoms. The highest BCUT2D eigenvalue weighted by Crippen LogP contribution is 2.46. The zero-order valence-corrected chi connectivity index (χ0v) is 42.9. The second-order valence-electron chi connectivity index (χ2n) is 22.1. The Hall–Kier alpha value is -7.53. The summed E-state index contributed by atoms with van der Waals surface area (Å²) in [6.45, 7) is 20.6. The van der Waals surface area contributed by atoms with Crippen LogP contribution in [0.2, 0.25) is 5.02 Å². The lowest BCUT2D eigenvalue weighted by molar-refractivity contribution is 0.482. The lowest BCUT2D eigenvalue weighted by atomic mass is 9.84. The number of nitrogens with zero attached hydrogens (tertiary/aromatic N) is 3. The number of rotatable bonds is 8. The maximum Gasteiger partial charge on any atom is 0.131 e. The quantitative estimate of drug-likeness (QED) is 0.151. The molecule has 11 rings (SSSR count). The second-order valence-corrected chi connectivity index (χ2v) is 22.6. The Labute approximate surface area is 423 Å². The fourth-order valence-electron chi connectivity index (χ4n) is 10.2. The van der Waals surface area contributed by atoms with Gasteiger partial charge in [0.05, 0.1) is 33.4 Å². The highest BCUT2D eigenvalue weighted by Gasteiger charge is 2.25. The molecule has 0 N–H and O–H groups in total. The Kier molecular flexibility index (Phi) is 11.2. The van der Waals surface area contributed by atoms with Crippen LogP contribution in [0.15, 0.2) is 200 Å². The molecule has 0 aliphatic heterocycles. The van der Waals surface area contributed by atoms with E-state index in [9.17, 15) is 0 Å². The van der Waals surface area contributed by atoms with Crippen molar-refractivity contribution in [1.82, 2.24) is 9.13 Å². The van der Waals surface area contributed by atoms with E-state index in [2.05, 4.69) is 258 Å². The number of aromatic nitrogens is 2. The summed E-state index contributed by atoms with van der Waals surface area (Å²) < 4.78 is 11.6. The Bertz CT molecular complexity index is 3690. The van der Waals surface area contributed by atoms with Gasteiger partial charge in [-0.3, -0.25) is 0 Å². The van der Waals surface area contributed by atoms with Crippen molar-refractivity contribution >= 4 is 72.3 Å². The first-order valence-electron chi connectivity index (χ1n) is 24.8. The van der Waals surface area contributed by atoms with Gasteiger partial charge in [-0.15, -0.1) is 0 Å². The fraction of sp³-hybridized carbons (Fsp3) is 0.182. The zero-order valence-electron chi connectivity index (χ0n) is 42.2. The lowest BCUT2D eigenvalue weighted by Crippen LogP contribution is -2.15. The maximum absolute atomic E-state index is 7.24. The minimum absolute atomic E-state index is 0.00164. The minimum atomic E-state index is -0.0755. The van der Waals surface area contributed by atoms with Crippen LogP contribution in [0.3, 0.4) is 0 Å². The van der Waals surface area contributed by atoms with Gasteiger partial charge in [0.2, 0.25) is 0 Å². The molecule has 4 nitrogen and oxygen atoms in total. The summed E-state index contributed by atoms with van der Waals surface area (Å²) in [7, 11) is 0. The predicted octanol–water partition coefficient (Wildman–Crippen LogP) is 19.4. The molecule has 2 heterocycles. The van der Waals surface area contributed by atoms with Gasteiger partial charge in [-0.1, -0.05) is 171 Å². The molecule has 0 fully saturated rings. The smallest absolute Gasteiger partial charge is 0.131 e. The molecule has 0 aliphatic rings. The van der Waals surface area contributed by atoms with Gasteiger partial charge in [-0.2, -0.15) is 0 Å². The van der Waals surface area contributed by atoms with Crippen molar-refractivity contribution in [2.75, 3.05) is 4.90 Å². The molecule has 71 heavy (non-hydrogen) atoms. The highest BCUT2D eigenvalue weighted by molar-refractivity contribution is 6.31. The third-order valence-electron chi connectivity index (χ3n) is 14.0. The van der Waals surface area contributed by atoms with E-state index in [1.807, 2.05) is 18.2 Å². The van der Waals surface area contributed by atoms with Crippen molar-refractivity contribution in [3.8, 4) is 34.0 Å². The van der Waals surface area contributed by atoms with Crippen LogP contribution in [0.25, 0.3) is 66.1 Å². The second kappa shape index (κ2) is 17.4. The Morgan fingerprint density at radius 2 is 0.887 bits per heavy atom. The van der Waals surface area contributed by atoms with Crippen molar-refractivity contribution < 1.29 is 4.74 Å². The van der Waals surface area contributed by atoms with Gasteiger partial charge in [0, 0.05) is 61.3 Å². The molecule has 0 aliphatic carbocycles. The Morgan fingerprint density at radius 1 is 0.380 bits per heavy atom. The van der Waals surface area contributed by atoms with Gasteiger partial charge in [-0.05, 0) is 129 Å². The van der Waals surface area contributed by atoms with Gasteiger partial charge < -0.3 is 18.8 Å². The van der Waals surface area contributed by atoms with Crippen molar-refractivity contribution in [1.29, 1.82) is 0 Å². The maximum atomic E-state index is 7.24. The van der Waals surface area contributed by atoms with E-state index in [4.69, 9.17) is 16.3 Å². The first-order valence-corrected chi connectivity index (χ1v) is 25.1. The fourth-order valence-corrected chi connectivity index (χ4v) is 10.5. The van der Waals surface area contributed by atoms with Crippen LogP contribution in [-0.4, -0.2) is 9.13 Å². The summed E-state index contributed by atoms with van der Waals surface area (Å²) in [5.41, 5.74) is 15.6. The van der Waals surface area contributed by atoms with Gasteiger partial charge in [-0.25, -0.2) is 0 Å². The average Bonchev–Trinajstić information content (AvgIpc) is 3.86. The van der Waals surface area contributed by atoms with Crippen LogP contribution >= 0.6 is 11.6 Å². The van der Waals surface area contributed by atoms with Crippen LogP contribution in [0, 0.1) is 0 Å². The third-order valence-corrected chi connectivity index (χ3v) is 14.3. The molecular weight excluding hydrogens is 886 g/mol. The third kappa shape index (κ3) is 8.55. The van der Waals surface area contributed by atoms with E-state index in [1.165, 1.54) is 49.3 Å². The van der Waals surface area contributed by atoms with Crippen LogP contribution in [0.1, 0.15) is 79.0 Å². The molecule has 0 spiro atoms. The number of benzene rings is 9. The molecule has 0 radical (unpaired) electrons. The zero-order chi connectivity index (χ0) is 49.4. The largest absolute Gasteiger partial charge is 0.457 e. The first-order chi connectivity index (χ1) is 34.0. The number of hydrogen-bond donors (Lipinski definition) is 0. The molecule has 11 aromatic rings. The summed E-state index contributed by atoms with van der Waals surface area (Å²) in [5.74, 6) is 1.34. The highest BCUT2D eigenvalue weighted by atomic mass is 35.5. The van der Waals surface area contributed by atoms with E-state index in [0.29, 0.717) is 16.5 Å². The number of anilines is 3. The minimum Gasteiger partial charge on any atom is -0.457 e. The van der Waals surface area contributed by atoms with Gasteiger partial charge >= 0.3 is 0 Å². The van der Waals surface area contributed by atoms with E-state index < -0.39 is 0 Å². The predicted molar refractivity (Wildman–Crippen MR) is 303 cm³/mol. The van der Waals surface area contributed by atoms with Crippen LogP contribution in [-0.2, 0) is 16.2 Å². The van der Waals surface area contributed by atoms with Crippen molar-refractivity contribution in [3.05, 3.63) is 222 Å². The molecule has 0 unspecified atom stereocenters. The summed E-state index contributed by atoms with van der Waals surface area (Å²) in [6.07, 6.45) is 0. The number of para-hydroxylation sites is 2. The summed E-state index contributed by atoms with van der Waals surface area (Å²) in [5, 5.41) is 5.50. The molecule has 0 saturated carbocycles. The molecule has 2 aromatic heterocycles. The number of hydrogen-bond acceptors (Lipinski definition) is 2. The normalized spacial score (nSPS) is 12.4. The summed E-state index contributed by atoms with van der Waals surface area (Å²) in [4.78, 5) is 2.34. The van der Waals surface area contributed by atoms with E-state index in [1.54, 1.807) is 0 Å². The van der Waals surface area contributed by atoms with Gasteiger partial charge in [0.25, 0.3) is 0 Å². The molecular formula is C66H60ClN3O. The SMILES string of the molecule is CC(C)(C)c1ccc(N(c2cc(Cl)cc(Oc3cccc(-n4c5ccccc5c5ccccc54)c3)c2)c2cccc(-n3c4ccc(C(C)(C)C)cc4c4cc(C(C)(C)C)ccc43)c2)c(-c2ccccc2)c1.